The van der Waals surface area contributed by atoms with Crippen LogP contribution in [-0.2, 0) is 17.5 Å². The Morgan fingerprint density at radius 2 is 2.14 bits per heavy atom. The number of piperidine rings is 1. The molecule has 0 bridgehead atoms. The van der Waals surface area contributed by atoms with Crippen molar-refractivity contribution in [2.45, 2.75) is 45.3 Å². The molecule has 0 radical (unpaired) electrons. The van der Waals surface area contributed by atoms with Crippen LogP contribution in [0.25, 0.3) is 11.1 Å². The van der Waals surface area contributed by atoms with Gasteiger partial charge in [-0.05, 0) is 38.3 Å². The molecule has 0 aromatic carbocycles. The summed E-state index contributed by atoms with van der Waals surface area (Å²) in [5.41, 5.74) is 0.457. The monoisotopic (exact) mass is 407 g/mol. The van der Waals surface area contributed by atoms with Crippen molar-refractivity contribution < 1.29 is 22.5 Å². The number of alkyl halides is 3. The van der Waals surface area contributed by atoms with Gasteiger partial charge in [0, 0.05) is 25.2 Å². The van der Waals surface area contributed by atoms with Crippen LogP contribution in [0.5, 0.6) is 0 Å². The molecule has 0 N–H and O–H groups in total. The number of pyridine rings is 1. The van der Waals surface area contributed by atoms with E-state index in [2.05, 4.69) is 15.2 Å². The summed E-state index contributed by atoms with van der Waals surface area (Å²) in [5.74, 6) is -0.423. The highest BCUT2D eigenvalue weighted by atomic mass is 19.4. The molecule has 1 saturated heterocycles. The zero-order valence-electron chi connectivity index (χ0n) is 16.0. The van der Waals surface area contributed by atoms with Gasteiger partial charge in [0.2, 0.25) is 5.91 Å². The Morgan fingerprint density at radius 1 is 1.34 bits per heavy atom. The number of hydrogen-bond donors (Lipinski definition) is 0. The molecule has 0 spiro atoms. The van der Waals surface area contributed by atoms with E-state index in [1.54, 1.807) is 22.0 Å². The molecule has 154 valence electrons. The molecule has 1 amide bonds. The zero-order valence-corrected chi connectivity index (χ0v) is 16.0. The molecule has 10 heteroatoms. The van der Waals surface area contributed by atoms with E-state index in [4.69, 9.17) is 4.52 Å². The van der Waals surface area contributed by atoms with Crippen LogP contribution in [0.15, 0.2) is 23.0 Å². The van der Waals surface area contributed by atoms with Gasteiger partial charge in [0.05, 0.1) is 28.5 Å². The summed E-state index contributed by atoms with van der Waals surface area (Å²) >= 11 is 0. The average molecular weight is 407 g/mol. The maximum absolute atomic E-state index is 13.6. The van der Waals surface area contributed by atoms with Crippen LogP contribution < -0.4 is 0 Å². The lowest BCUT2D eigenvalue weighted by Crippen LogP contribution is -2.41. The first-order chi connectivity index (χ1) is 13.7. The Balaban J connectivity index is 1.59. The van der Waals surface area contributed by atoms with Gasteiger partial charge in [0.1, 0.15) is 6.54 Å². The van der Waals surface area contributed by atoms with Crippen molar-refractivity contribution in [3.63, 3.8) is 0 Å². The van der Waals surface area contributed by atoms with Crippen LogP contribution in [0, 0.1) is 13.8 Å². The first-order valence-corrected chi connectivity index (χ1v) is 9.33. The predicted molar refractivity (Wildman–Crippen MR) is 97.1 cm³/mol. The van der Waals surface area contributed by atoms with Gasteiger partial charge in [-0.1, -0.05) is 5.16 Å². The van der Waals surface area contributed by atoms with Crippen molar-refractivity contribution in [1.82, 2.24) is 24.8 Å². The van der Waals surface area contributed by atoms with E-state index in [1.165, 1.54) is 6.92 Å². The summed E-state index contributed by atoms with van der Waals surface area (Å²) in [4.78, 5) is 18.6. The van der Waals surface area contributed by atoms with Crippen LogP contribution in [0.3, 0.4) is 0 Å². The topological polar surface area (TPSA) is 77.0 Å². The van der Waals surface area contributed by atoms with Crippen molar-refractivity contribution in [2.24, 2.45) is 0 Å². The van der Waals surface area contributed by atoms with Gasteiger partial charge in [-0.3, -0.25) is 9.48 Å². The molecule has 3 aromatic rings. The van der Waals surface area contributed by atoms with Gasteiger partial charge in [-0.25, -0.2) is 4.98 Å². The number of amides is 1. The summed E-state index contributed by atoms with van der Waals surface area (Å²) in [6.45, 7) is 4.31. The zero-order chi connectivity index (χ0) is 20.8. The smallest absolute Gasteiger partial charge is 0.340 e. The highest BCUT2D eigenvalue weighted by Crippen LogP contribution is 2.38. The van der Waals surface area contributed by atoms with Crippen molar-refractivity contribution in [3.05, 3.63) is 41.0 Å². The van der Waals surface area contributed by atoms with E-state index in [0.717, 1.165) is 11.6 Å². The van der Waals surface area contributed by atoms with Crippen molar-refractivity contribution >= 4 is 17.0 Å². The number of carbonyl (C=O) groups excluding carboxylic acids is 1. The maximum Gasteiger partial charge on any atom is 0.417 e. The fraction of sp³-hybridized carbons (Fsp3) is 0.474. The van der Waals surface area contributed by atoms with Crippen molar-refractivity contribution in [1.29, 1.82) is 0 Å². The summed E-state index contributed by atoms with van der Waals surface area (Å²) in [5, 5.41) is 7.64. The SMILES string of the molecule is Cc1cnn(CC(=O)N2CCCC(c3cc(C(F)(F)F)c4c(C)noc4n3)C2)c1. The molecule has 3 aromatic heterocycles. The molecule has 29 heavy (non-hydrogen) atoms. The van der Waals surface area contributed by atoms with Crippen LogP contribution in [0.2, 0.25) is 0 Å². The molecule has 1 atom stereocenters. The molecule has 1 aliphatic rings. The molecular formula is C19H20F3N5O2. The van der Waals surface area contributed by atoms with Crippen LogP contribution in [-0.4, -0.2) is 43.8 Å². The minimum absolute atomic E-state index is 0.0993. The number of fused-ring (bicyclic) bond motifs is 1. The summed E-state index contributed by atoms with van der Waals surface area (Å²) in [6.07, 6.45) is 0.229. The van der Waals surface area contributed by atoms with Gasteiger partial charge in [-0.15, -0.1) is 0 Å². The lowest BCUT2D eigenvalue weighted by Gasteiger charge is -2.32. The largest absolute Gasteiger partial charge is 0.417 e. The van der Waals surface area contributed by atoms with Crippen LogP contribution in [0.1, 0.15) is 41.3 Å². The number of nitrogens with zero attached hydrogens (tertiary/aromatic N) is 5. The fourth-order valence-corrected chi connectivity index (χ4v) is 3.78. The third kappa shape index (κ3) is 3.83. The first kappa shape index (κ1) is 19.4. The third-order valence-corrected chi connectivity index (χ3v) is 5.19. The molecule has 1 aliphatic heterocycles. The van der Waals surface area contributed by atoms with Gasteiger partial charge in [-0.2, -0.15) is 18.3 Å². The van der Waals surface area contributed by atoms with E-state index in [-0.39, 0.29) is 40.9 Å². The fourth-order valence-electron chi connectivity index (χ4n) is 3.78. The van der Waals surface area contributed by atoms with E-state index in [9.17, 15) is 18.0 Å². The molecular weight excluding hydrogens is 387 g/mol. The van der Waals surface area contributed by atoms with E-state index in [0.29, 0.717) is 25.9 Å². The molecule has 1 fully saturated rings. The third-order valence-electron chi connectivity index (χ3n) is 5.19. The predicted octanol–water partition coefficient (Wildman–Crippen LogP) is 3.46. The second-order valence-corrected chi connectivity index (χ2v) is 7.43. The average Bonchev–Trinajstić information content (AvgIpc) is 3.26. The Bertz CT molecular complexity index is 1060. The van der Waals surface area contributed by atoms with Crippen LogP contribution >= 0.6 is 0 Å². The highest BCUT2D eigenvalue weighted by molar-refractivity contribution is 5.81. The summed E-state index contributed by atoms with van der Waals surface area (Å²) in [7, 11) is 0. The van der Waals surface area contributed by atoms with Gasteiger partial charge < -0.3 is 9.42 Å². The van der Waals surface area contributed by atoms with Crippen molar-refractivity contribution in [3.8, 4) is 0 Å². The summed E-state index contributed by atoms with van der Waals surface area (Å²) in [6, 6.07) is 1.07. The van der Waals surface area contributed by atoms with Gasteiger partial charge >= 0.3 is 6.18 Å². The Morgan fingerprint density at radius 3 is 2.83 bits per heavy atom. The standard InChI is InChI=1S/C19H20F3N5O2/c1-11-7-23-27(8-11)10-16(28)26-5-3-4-13(9-26)15-6-14(19(20,21)22)17-12(2)25-29-18(17)24-15/h6-8,13H,3-5,9-10H2,1-2H3. The minimum atomic E-state index is -4.55. The van der Waals surface area contributed by atoms with E-state index >= 15 is 0 Å². The second kappa shape index (κ2) is 7.16. The Labute approximate surface area is 164 Å². The summed E-state index contributed by atoms with van der Waals surface area (Å²) < 4.78 is 47.4. The lowest BCUT2D eigenvalue weighted by atomic mass is 9.92. The normalized spacial score (nSPS) is 17.8. The molecule has 0 saturated carbocycles. The minimum Gasteiger partial charge on any atom is -0.340 e. The molecule has 7 nitrogen and oxygen atoms in total. The highest BCUT2D eigenvalue weighted by Gasteiger charge is 2.37. The van der Waals surface area contributed by atoms with Crippen LogP contribution in [0.4, 0.5) is 13.2 Å². The quantitative estimate of drug-likeness (QED) is 0.665. The first-order valence-electron chi connectivity index (χ1n) is 9.33. The van der Waals surface area contributed by atoms with Crippen molar-refractivity contribution in [2.75, 3.05) is 13.1 Å². The molecule has 0 aliphatic carbocycles. The number of hydrogen-bond acceptors (Lipinski definition) is 5. The second-order valence-electron chi connectivity index (χ2n) is 7.43. The number of carbonyl (C=O) groups is 1. The Hall–Kier alpha value is -2.91. The Kier molecular flexibility index (Phi) is 4.79. The van der Waals surface area contributed by atoms with Gasteiger partial charge in [0.25, 0.3) is 5.71 Å². The lowest BCUT2D eigenvalue weighted by molar-refractivity contribution is -0.136. The number of halogens is 3. The number of aryl methyl sites for hydroxylation is 2. The number of aromatic nitrogens is 4. The van der Waals surface area contributed by atoms with Gasteiger partial charge in [0.15, 0.2) is 0 Å². The molecule has 1 unspecified atom stereocenters. The number of likely N-dealkylation sites (tertiary alicyclic amines) is 1. The maximum atomic E-state index is 13.6. The number of rotatable bonds is 3. The molecule has 4 heterocycles. The van der Waals surface area contributed by atoms with E-state index in [1.807, 2.05) is 6.92 Å². The molecule has 4 rings (SSSR count). The van der Waals surface area contributed by atoms with E-state index < -0.39 is 11.7 Å².